The van der Waals surface area contributed by atoms with Crippen molar-refractivity contribution in [1.82, 2.24) is 25.1 Å². The largest absolute Gasteiger partial charge is 0.474 e. The van der Waals surface area contributed by atoms with Crippen LogP contribution in [0.4, 0.5) is 5.69 Å². The molecule has 0 saturated carbocycles. The highest BCUT2D eigenvalue weighted by Gasteiger charge is 2.19. The van der Waals surface area contributed by atoms with Gasteiger partial charge in [0.2, 0.25) is 5.88 Å². The van der Waals surface area contributed by atoms with Gasteiger partial charge in [-0.25, -0.2) is 14.6 Å². The maximum absolute atomic E-state index is 6.16. The Bertz CT molecular complexity index is 936. The lowest BCUT2D eigenvalue weighted by Gasteiger charge is -2.23. The molecule has 0 amide bonds. The van der Waals surface area contributed by atoms with Gasteiger partial charge in [0.25, 0.3) is 0 Å². The molecule has 1 aliphatic heterocycles. The molecule has 1 fully saturated rings. The molecule has 2 N–H and O–H groups in total. The van der Waals surface area contributed by atoms with E-state index >= 15 is 0 Å². The Hall–Kier alpha value is -2.71. The highest BCUT2D eigenvalue weighted by Crippen LogP contribution is 2.27. The third-order valence-electron chi connectivity index (χ3n) is 4.95. The van der Waals surface area contributed by atoms with E-state index in [1.165, 1.54) is 0 Å². The standard InChI is InChI=1S/C20H26N6O2/c1-14-11-15(22-9-10-27-2)3-4-18(14)26-19-17(12-25-26)20(24-13-23-19)28-16-5-7-21-8-6-16/h3-4,11-13,16,21-22H,5-10H2,1-2H3. The molecule has 0 spiro atoms. The number of methoxy groups -OCH3 is 1. The summed E-state index contributed by atoms with van der Waals surface area (Å²) in [6.45, 7) is 5.45. The van der Waals surface area contributed by atoms with E-state index < -0.39 is 0 Å². The van der Waals surface area contributed by atoms with E-state index in [2.05, 4.69) is 38.7 Å². The summed E-state index contributed by atoms with van der Waals surface area (Å²) in [5.74, 6) is 0.610. The number of fused-ring (bicyclic) bond motifs is 1. The minimum Gasteiger partial charge on any atom is -0.474 e. The lowest BCUT2D eigenvalue weighted by Crippen LogP contribution is -2.34. The minimum atomic E-state index is 0.182. The van der Waals surface area contributed by atoms with Crippen LogP contribution in [0, 0.1) is 6.92 Å². The van der Waals surface area contributed by atoms with Crippen LogP contribution in [0.5, 0.6) is 5.88 Å². The van der Waals surface area contributed by atoms with Crippen LogP contribution in [0.2, 0.25) is 0 Å². The second kappa shape index (κ2) is 8.53. The number of benzene rings is 1. The van der Waals surface area contributed by atoms with E-state index in [4.69, 9.17) is 9.47 Å². The number of hydrogen-bond donors (Lipinski definition) is 2. The zero-order chi connectivity index (χ0) is 19.3. The molecule has 3 aromatic rings. The highest BCUT2D eigenvalue weighted by atomic mass is 16.5. The SMILES string of the molecule is COCCNc1ccc(-n2ncc3c(OC4CCNCC4)ncnc32)c(C)c1. The average Bonchev–Trinajstić information content (AvgIpc) is 3.14. The van der Waals surface area contributed by atoms with Crippen molar-refractivity contribution in [3.63, 3.8) is 0 Å². The molecule has 0 unspecified atom stereocenters. The number of ether oxygens (including phenoxy) is 2. The Morgan fingerprint density at radius 3 is 2.89 bits per heavy atom. The molecule has 0 radical (unpaired) electrons. The third-order valence-corrected chi connectivity index (χ3v) is 4.95. The summed E-state index contributed by atoms with van der Waals surface area (Å²) in [4.78, 5) is 8.82. The predicted octanol–water partition coefficient (Wildman–Crippen LogP) is 2.31. The van der Waals surface area contributed by atoms with Crippen LogP contribution in [-0.2, 0) is 4.74 Å². The molecule has 28 heavy (non-hydrogen) atoms. The molecule has 8 nitrogen and oxygen atoms in total. The van der Waals surface area contributed by atoms with Gasteiger partial charge in [-0.05, 0) is 56.6 Å². The predicted molar refractivity (Wildman–Crippen MR) is 108 cm³/mol. The van der Waals surface area contributed by atoms with E-state index in [0.29, 0.717) is 12.5 Å². The fourth-order valence-corrected chi connectivity index (χ4v) is 3.46. The molecule has 4 rings (SSSR count). The van der Waals surface area contributed by atoms with Gasteiger partial charge >= 0.3 is 0 Å². The van der Waals surface area contributed by atoms with Crippen LogP contribution in [-0.4, -0.2) is 59.2 Å². The maximum atomic E-state index is 6.16. The number of aryl methyl sites for hydroxylation is 1. The number of nitrogens with one attached hydrogen (secondary N) is 2. The smallest absolute Gasteiger partial charge is 0.228 e. The zero-order valence-corrected chi connectivity index (χ0v) is 16.3. The summed E-state index contributed by atoms with van der Waals surface area (Å²) >= 11 is 0. The minimum absolute atomic E-state index is 0.182. The number of anilines is 1. The van der Waals surface area contributed by atoms with Crippen molar-refractivity contribution in [2.75, 3.05) is 38.7 Å². The average molecular weight is 382 g/mol. The van der Waals surface area contributed by atoms with Gasteiger partial charge in [-0.2, -0.15) is 5.10 Å². The summed E-state index contributed by atoms with van der Waals surface area (Å²) in [5.41, 5.74) is 3.90. The maximum Gasteiger partial charge on any atom is 0.228 e. The van der Waals surface area contributed by atoms with Crippen molar-refractivity contribution < 1.29 is 9.47 Å². The van der Waals surface area contributed by atoms with Crippen molar-refractivity contribution in [2.45, 2.75) is 25.9 Å². The Morgan fingerprint density at radius 2 is 2.11 bits per heavy atom. The van der Waals surface area contributed by atoms with Crippen LogP contribution in [0.25, 0.3) is 16.7 Å². The van der Waals surface area contributed by atoms with Crippen molar-refractivity contribution in [2.24, 2.45) is 0 Å². The molecule has 0 aliphatic carbocycles. The summed E-state index contributed by atoms with van der Waals surface area (Å²) in [7, 11) is 1.70. The molecule has 2 aromatic heterocycles. The normalized spacial score (nSPS) is 15.1. The second-order valence-electron chi connectivity index (χ2n) is 6.96. The van der Waals surface area contributed by atoms with Crippen molar-refractivity contribution in [3.8, 4) is 11.6 Å². The van der Waals surface area contributed by atoms with Crippen molar-refractivity contribution in [1.29, 1.82) is 0 Å². The molecular weight excluding hydrogens is 356 g/mol. The topological polar surface area (TPSA) is 86.1 Å². The van der Waals surface area contributed by atoms with Gasteiger partial charge < -0.3 is 20.1 Å². The zero-order valence-electron chi connectivity index (χ0n) is 16.3. The highest BCUT2D eigenvalue weighted by molar-refractivity contribution is 5.81. The number of hydrogen-bond acceptors (Lipinski definition) is 7. The van der Waals surface area contributed by atoms with E-state index in [-0.39, 0.29) is 6.10 Å². The first-order chi connectivity index (χ1) is 13.8. The van der Waals surface area contributed by atoms with Gasteiger partial charge in [0.1, 0.15) is 17.8 Å². The second-order valence-corrected chi connectivity index (χ2v) is 6.96. The number of aromatic nitrogens is 4. The quantitative estimate of drug-likeness (QED) is 0.607. The van der Waals surface area contributed by atoms with Crippen LogP contribution in [0.1, 0.15) is 18.4 Å². The molecule has 0 bridgehead atoms. The van der Waals surface area contributed by atoms with Gasteiger partial charge in [0, 0.05) is 19.3 Å². The Balaban J connectivity index is 1.60. The van der Waals surface area contributed by atoms with Crippen LogP contribution < -0.4 is 15.4 Å². The van der Waals surface area contributed by atoms with Crippen LogP contribution >= 0.6 is 0 Å². The fraction of sp³-hybridized carbons (Fsp3) is 0.450. The molecule has 3 heterocycles. The van der Waals surface area contributed by atoms with E-state index in [9.17, 15) is 0 Å². The van der Waals surface area contributed by atoms with Crippen LogP contribution in [0.15, 0.2) is 30.7 Å². The first-order valence-corrected chi connectivity index (χ1v) is 9.66. The van der Waals surface area contributed by atoms with E-state index in [0.717, 1.165) is 60.4 Å². The molecule has 0 atom stereocenters. The molecule has 1 saturated heterocycles. The Labute approximate surface area is 164 Å². The van der Waals surface area contributed by atoms with E-state index in [1.807, 2.05) is 16.8 Å². The van der Waals surface area contributed by atoms with Gasteiger partial charge in [0.05, 0.1) is 18.5 Å². The third kappa shape index (κ3) is 3.93. The lowest BCUT2D eigenvalue weighted by atomic mass is 10.1. The molecule has 1 aromatic carbocycles. The summed E-state index contributed by atoms with van der Waals surface area (Å²) in [5, 5.41) is 12.1. The number of nitrogens with zero attached hydrogens (tertiary/aromatic N) is 4. The van der Waals surface area contributed by atoms with Crippen molar-refractivity contribution in [3.05, 3.63) is 36.3 Å². The summed E-state index contributed by atoms with van der Waals surface area (Å²) in [6, 6.07) is 6.19. The first kappa shape index (κ1) is 18.6. The van der Waals surface area contributed by atoms with Gasteiger partial charge in [-0.3, -0.25) is 0 Å². The first-order valence-electron chi connectivity index (χ1n) is 9.66. The monoisotopic (exact) mass is 382 g/mol. The van der Waals surface area contributed by atoms with Gasteiger partial charge in [-0.15, -0.1) is 0 Å². The Kier molecular flexibility index (Phi) is 5.68. The lowest BCUT2D eigenvalue weighted by molar-refractivity contribution is 0.158. The van der Waals surface area contributed by atoms with Crippen molar-refractivity contribution >= 4 is 16.7 Å². The van der Waals surface area contributed by atoms with Gasteiger partial charge in [0.15, 0.2) is 5.65 Å². The molecule has 148 valence electrons. The van der Waals surface area contributed by atoms with E-state index in [1.54, 1.807) is 19.6 Å². The summed E-state index contributed by atoms with van der Waals surface area (Å²) in [6.07, 6.45) is 5.48. The summed E-state index contributed by atoms with van der Waals surface area (Å²) < 4.78 is 13.1. The number of piperidine rings is 1. The fourth-order valence-electron chi connectivity index (χ4n) is 3.46. The molecular formula is C20H26N6O2. The van der Waals surface area contributed by atoms with Gasteiger partial charge in [-0.1, -0.05) is 0 Å². The molecule has 8 heteroatoms. The Morgan fingerprint density at radius 1 is 1.25 bits per heavy atom. The number of rotatable bonds is 7. The van der Waals surface area contributed by atoms with Crippen LogP contribution in [0.3, 0.4) is 0 Å². The molecule has 1 aliphatic rings.